The van der Waals surface area contributed by atoms with E-state index in [4.69, 9.17) is 4.74 Å². The average Bonchev–Trinajstić information content (AvgIpc) is 2.56. The Balaban J connectivity index is 2.73. The van der Waals surface area contributed by atoms with Crippen LogP contribution in [0.25, 0.3) is 0 Å². The molecule has 3 amide bonds. The Morgan fingerprint density at radius 1 is 1.14 bits per heavy atom. The van der Waals surface area contributed by atoms with Gasteiger partial charge in [-0.1, -0.05) is 15.9 Å². The topological polar surface area (TPSA) is 131 Å². The van der Waals surface area contributed by atoms with Crippen LogP contribution in [0.2, 0.25) is 0 Å². The fourth-order valence-corrected chi connectivity index (χ4v) is 3.05. The number of anilines is 1. The first-order valence-corrected chi connectivity index (χ1v) is 11.6. The van der Waals surface area contributed by atoms with Crippen molar-refractivity contribution in [1.29, 1.82) is 0 Å². The molecule has 1 aromatic carbocycles. The third-order valence-electron chi connectivity index (χ3n) is 3.33. The molecule has 0 aliphatic rings. The van der Waals surface area contributed by atoms with Gasteiger partial charge in [0.15, 0.2) is 0 Å². The molecule has 0 heterocycles. The van der Waals surface area contributed by atoms with Crippen molar-refractivity contribution in [3.8, 4) is 0 Å². The van der Waals surface area contributed by atoms with Crippen molar-refractivity contribution in [3.63, 3.8) is 0 Å². The van der Waals surface area contributed by atoms with Gasteiger partial charge in [-0.05, 0) is 51.5 Å². The van der Waals surface area contributed by atoms with E-state index in [1.807, 2.05) is 0 Å². The summed E-state index contributed by atoms with van der Waals surface area (Å²) in [4.78, 5) is 36.4. The van der Waals surface area contributed by atoms with Crippen LogP contribution in [0.5, 0.6) is 0 Å². The van der Waals surface area contributed by atoms with Crippen LogP contribution in [-0.4, -0.2) is 56.5 Å². The molecule has 1 rings (SSSR count). The average molecular weight is 492 g/mol. The van der Waals surface area contributed by atoms with Crippen LogP contribution in [0.1, 0.15) is 27.2 Å². The predicted octanol–water partition coefficient (Wildman–Crippen LogP) is 1.83. The van der Waals surface area contributed by atoms with Gasteiger partial charge in [-0.15, -0.1) is 0 Å². The molecule has 162 valence electrons. The van der Waals surface area contributed by atoms with E-state index in [0.29, 0.717) is 5.69 Å². The van der Waals surface area contributed by atoms with E-state index in [1.165, 1.54) is 0 Å². The number of ether oxygens (including phenoxy) is 1. The van der Waals surface area contributed by atoms with Gasteiger partial charge < -0.3 is 20.7 Å². The maximum absolute atomic E-state index is 12.4. The minimum Gasteiger partial charge on any atom is -0.459 e. The largest absolute Gasteiger partial charge is 0.459 e. The summed E-state index contributed by atoms with van der Waals surface area (Å²) in [6, 6.07) is 4.92. The van der Waals surface area contributed by atoms with Gasteiger partial charge in [0, 0.05) is 16.4 Å². The Kier molecular flexibility index (Phi) is 9.09. The maximum atomic E-state index is 12.4. The van der Waals surface area contributed by atoms with Gasteiger partial charge in [-0.2, -0.15) is 0 Å². The summed E-state index contributed by atoms with van der Waals surface area (Å²) < 4.78 is 28.8. The van der Waals surface area contributed by atoms with Crippen molar-refractivity contribution in [2.24, 2.45) is 0 Å². The molecule has 1 unspecified atom stereocenters. The van der Waals surface area contributed by atoms with E-state index in [2.05, 4.69) is 31.9 Å². The van der Waals surface area contributed by atoms with E-state index in [1.54, 1.807) is 45.0 Å². The molecule has 0 bridgehead atoms. The Bertz CT molecular complexity index is 834. The Hall–Kier alpha value is -2.14. The third kappa shape index (κ3) is 11.4. The molecule has 1 aromatic rings. The van der Waals surface area contributed by atoms with Gasteiger partial charge in [-0.25, -0.2) is 13.2 Å². The van der Waals surface area contributed by atoms with Crippen molar-refractivity contribution in [3.05, 3.63) is 28.7 Å². The number of carbonyl (C=O) groups is 3. The van der Waals surface area contributed by atoms with E-state index >= 15 is 0 Å². The molecular formula is C18H26BrN3O6S. The number of sulfone groups is 1. The highest BCUT2D eigenvalue weighted by Crippen LogP contribution is 2.14. The first-order valence-electron chi connectivity index (χ1n) is 8.75. The molecule has 0 aliphatic carbocycles. The van der Waals surface area contributed by atoms with Gasteiger partial charge in [0.05, 0.1) is 5.75 Å². The van der Waals surface area contributed by atoms with Crippen LogP contribution in [0.3, 0.4) is 0 Å². The second-order valence-corrected chi connectivity index (χ2v) is 10.6. The standard InChI is InChI=1S/C18H26BrN3O6S/c1-18(2,3)28-15(23)11-20-16(24)14(9-10-29(4,26)27)22-17(25)21-13-7-5-12(19)6-8-13/h5-8,14H,9-11H2,1-4H3,(H,20,24)(H2,21,22,25). The molecule has 3 N–H and O–H groups in total. The summed E-state index contributed by atoms with van der Waals surface area (Å²) in [6.45, 7) is 4.67. The van der Waals surface area contributed by atoms with Gasteiger partial charge in [0.25, 0.3) is 0 Å². The number of rotatable bonds is 8. The second kappa shape index (κ2) is 10.6. The van der Waals surface area contributed by atoms with E-state index < -0.39 is 45.9 Å². The van der Waals surface area contributed by atoms with Gasteiger partial charge >= 0.3 is 12.0 Å². The number of esters is 1. The number of hydrogen-bond acceptors (Lipinski definition) is 6. The van der Waals surface area contributed by atoms with Crippen molar-refractivity contribution < 1.29 is 27.5 Å². The first-order chi connectivity index (χ1) is 13.2. The summed E-state index contributed by atoms with van der Waals surface area (Å²) in [5.41, 5.74) is -0.220. The zero-order valence-corrected chi connectivity index (χ0v) is 19.1. The van der Waals surface area contributed by atoms with E-state index in [-0.39, 0.29) is 12.2 Å². The highest BCUT2D eigenvalue weighted by molar-refractivity contribution is 9.10. The molecule has 0 aromatic heterocycles. The van der Waals surface area contributed by atoms with Crippen LogP contribution < -0.4 is 16.0 Å². The molecule has 0 saturated heterocycles. The number of hydrogen-bond donors (Lipinski definition) is 3. The summed E-state index contributed by atoms with van der Waals surface area (Å²) >= 11 is 3.28. The lowest BCUT2D eigenvalue weighted by Gasteiger charge is -2.21. The summed E-state index contributed by atoms with van der Waals surface area (Å²) in [7, 11) is -3.36. The van der Waals surface area contributed by atoms with Crippen LogP contribution in [0.4, 0.5) is 10.5 Å². The normalized spacial score (nSPS) is 12.6. The highest BCUT2D eigenvalue weighted by atomic mass is 79.9. The number of nitrogens with one attached hydrogen (secondary N) is 3. The van der Waals surface area contributed by atoms with Gasteiger partial charge in [-0.3, -0.25) is 9.59 Å². The highest BCUT2D eigenvalue weighted by Gasteiger charge is 2.24. The molecule has 9 nitrogen and oxygen atoms in total. The first kappa shape index (κ1) is 24.9. The number of amides is 3. The SMILES string of the molecule is CC(C)(C)OC(=O)CNC(=O)C(CCS(C)(=O)=O)NC(=O)Nc1ccc(Br)cc1. The third-order valence-corrected chi connectivity index (χ3v) is 4.83. The number of halogens is 1. The fraction of sp³-hybridized carbons (Fsp3) is 0.500. The van der Waals surface area contributed by atoms with Crippen molar-refractivity contribution >= 4 is 49.4 Å². The molecule has 0 radical (unpaired) electrons. The smallest absolute Gasteiger partial charge is 0.325 e. The lowest BCUT2D eigenvalue weighted by Crippen LogP contribution is -2.50. The van der Waals surface area contributed by atoms with Crippen molar-refractivity contribution in [2.45, 2.75) is 38.8 Å². The molecule has 0 saturated carbocycles. The number of urea groups is 1. The fourth-order valence-electron chi connectivity index (χ4n) is 2.12. The molecule has 11 heteroatoms. The summed E-state index contributed by atoms with van der Waals surface area (Å²) in [5.74, 6) is -1.65. The second-order valence-electron chi connectivity index (χ2n) is 7.38. The molecule has 0 fully saturated rings. The van der Waals surface area contributed by atoms with Gasteiger partial charge in [0.1, 0.15) is 28.0 Å². The lowest BCUT2D eigenvalue weighted by atomic mass is 10.2. The maximum Gasteiger partial charge on any atom is 0.325 e. The monoisotopic (exact) mass is 491 g/mol. The zero-order valence-electron chi connectivity index (χ0n) is 16.7. The summed E-state index contributed by atoms with van der Waals surface area (Å²) in [5, 5.41) is 7.35. The minimum atomic E-state index is -3.36. The van der Waals surface area contributed by atoms with Crippen LogP contribution in [0.15, 0.2) is 28.7 Å². The summed E-state index contributed by atoms with van der Waals surface area (Å²) in [6.07, 6.45) is 0.886. The Labute approximate surface area is 179 Å². The predicted molar refractivity (Wildman–Crippen MR) is 113 cm³/mol. The van der Waals surface area contributed by atoms with Gasteiger partial charge in [0.2, 0.25) is 5.91 Å². The van der Waals surface area contributed by atoms with Crippen LogP contribution in [-0.2, 0) is 24.2 Å². The molecule has 1 atom stereocenters. The zero-order chi connectivity index (χ0) is 22.2. The Morgan fingerprint density at radius 3 is 2.24 bits per heavy atom. The van der Waals surface area contributed by atoms with Crippen LogP contribution in [0, 0.1) is 0 Å². The minimum absolute atomic E-state index is 0.146. The van der Waals surface area contributed by atoms with Crippen molar-refractivity contribution in [2.75, 3.05) is 23.9 Å². The van der Waals surface area contributed by atoms with Crippen molar-refractivity contribution in [1.82, 2.24) is 10.6 Å². The molecule has 29 heavy (non-hydrogen) atoms. The van der Waals surface area contributed by atoms with E-state index in [9.17, 15) is 22.8 Å². The van der Waals surface area contributed by atoms with E-state index in [0.717, 1.165) is 10.7 Å². The number of carbonyl (C=O) groups excluding carboxylic acids is 3. The number of benzene rings is 1. The lowest BCUT2D eigenvalue weighted by molar-refractivity contribution is -0.154. The van der Waals surface area contributed by atoms with Crippen LogP contribution >= 0.6 is 15.9 Å². The molecule has 0 spiro atoms. The Morgan fingerprint density at radius 2 is 1.72 bits per heavy atom. The quantitative estimate of drug-likeness (QED) is 0.475. The molecule has 0 aliphatic heterocycles. The molecular weight excluding hydrogens is 466 g/mol.